The van der Waals surface area contributed by atoms with Crippen molar-refractivity contribution in [2.24, 2.45) is 11.8 Å². The van der Waals surface area contributed by atoms with E-state index in [4.69, 9.17) is 11.6 Å². The molecule has 1 aromatic rings. The Morgan fingerprint density at radius 3 is 2.50 bits per heavy atom. The summed E-state index contributed by atoms with van der Waals surface area (Å²) in [5, 5.41) is 10.1. The molecule has 1 heterocycles. The van der Waals surface area contributed by atoms with Crippen LogP contribution in [0.5, 0.6) is 0 Å². The predicted molar refractivity (Wildman–Crippen MR) is 67.9 cm³/mol. The fourth-order valence-electron chi connectivity index (χ4n) is 2.35. The van der Waals surface area contributed by atoms with Crippen LogP contribution in [0.2, 0.25) is 5.02 Å². The van der Waals surface area contributed by atoms with Crippen molar-refractivity contribution in [1.82, 2.24) is 0 Å². The molecule has 1 aliphatic heterocycles. The van der Waals surface area contributed by atoms with Crippen LogP contribution in [0.1, 0.15) is 19.4 Å². The van der Waals surface area contributed by atoms with Crippen LogP contribution in [0.3, 0.4) is 0 Å². The molecule has 16 heavy (non-hydrogen) atoms. The van der Waals surface area contributed by atoms with Gasteiger partial charge >= 0.3 is 0 Å². The van der Waals surface area contributed by atoms with E-state index in [1.165, 1.54) is 0 Å². The number of anilines is 1. The van der Waals surface area contributed by atoms with E-state index in [1.54, 1.807) is 0 Å². The van der Waals surface area contributed by atoms with E-state index in [2.05, 4.69) is 18.7 Å². The molecule has 2 atom stereocenters. The molecule has 0 aliphatic carbocycles. The average Bonchev–Trinajstić information content (AvgIpc) is 2.58. The maximum atomic E-state index is 9.35. The zero-order valence-corrected chi connectivity index (χ0v) is 10.5. The van der Waals surface area contributed by atoms with Gasteiger partial charge < -0.3 is 10.0 Å². The molecule has 2 rings (SSSR count). The van der Waals surface area contributed by atoms with Crippen LogP contribution >= 0.6 is 11.6 Å². The minimum Gasteiger partial charge on any atom is -0.392 e. The summed E-state index contributed by atoms with van der Waals surface area (Å²) in [6, 6.07) is 5.72. The van der Waals surface area contributed by atoms with Crippen molar-refractivity contribution in [3.63, 3.8) is 0 Å². The molecule has 0 radical (unpaired) electrons. The third kappa shape index (κ3) is 2.04. The molecule has 0 bridgehead atoms. The third-order valence-corrected chi connectivity index (χ3v) is 3.85. The molecule has 2 nitrogen and oxygen atoms in total. The van der Waals surface area contributed by atoms with Gasteiger partial charge in [-0.2, -0.15) is 0 Å². The summed E-state index contributed by atoms with van der Waals surface area (Å²) in [6.45, 7) is 6.63. The Labute approximate surface area is 102 Å². The molecule has 0 spiro atoms. The quantitative estimate of drug-likeness (QED) is 0.858. The zero-order valence-electron chi connectivity index (χ0n) is 9.78. The second-order valence-corrected chi connectivity index (χ2v) is 5.17. The Hall–Kier alpha value is -0.730. The Kier molecular flexibility index (Phi) is 3.41. The van der Waals surface area contributed by atoms with E-state index in [9.17, 15) is 5.11 Å². The molecule has 2 unspecified atom stereocenters. The lowest BCUT2D eigenvalue weighted by Crippen LogP contribution is -2.21. The highest BCUT2D eigenvalue weighted by atomic mass is 35.5. The number of rotatable bonds is 2. The van der Waals surface area contributed by atoms with Crippen molar-refractivity contribution in [2.75, 3.05) is 18.0 Å². The number of aliphatic hydroxyl groups excluding tert-OH is 1. The fourth-order valence-corrected chi connectivity index (χ4v) is 2.67. The first-order valence-electron chi connectivity index (χ1n) is 5.76. The number of nitrogens with zero attached hydrogens (tertiary/aromatic N) is 1. The Balaban J connectivity index is 2.33. The van der Waals surface area contributed by atoms with Crippen molar-refractivity contribution in [3.05, 3.63) is 28.8 Å². The Morgan fingerprint density at radius 1 is 1.31 bits per heavy atom. The molecular weight excluding hydrogens is 222 g/mol. The maximum Gasteiger partial charge on any atom is 0.0702 e. The van der Waals surface area contributed by atoms with Crippen LogP contribution in [0.4, 0.5) is 5.69 Å². The standard InChI is InChI=1S/C13H18ClNO/c1-9-6-15(7-10(9)2)13-11(8-16)4-3-5-12(13)14/h3-5,9-10,16H,6-8H2,1-2H3. The van der Waals surface area contributed by atoms with Crippen molar-refractivity contribution < 1.29 is 5.11 Å². The lowest BCUT2D eigenvalue weighted by atomic mass is 10.0. The van der Waals surface area contributed by atoms with Crippen molar-refractivity contribution in [1.29, 1.82) is 0 Å². The number of benzene rings is 1. The summed E-state index contributed by atoms with van der Waals surface area (Å²) in [7, 11) is 0. The van der Waals surface area contributed by atoms with Crippen molar-refractivity contribution in [2.45, 2.75) is 20.5 Å². The number of aliphatic hydroxyl groups is 1. The van der Waals surface area contributed by atoms with Gasteiger partial charge in [-0.25, -0.2) is 0 Å². The van der Waals surface area contributed by atoms with Crippen LogP contribution in [-0.4, -0.2) is 18.2 Å². The topological polar surface area (TPSA) is 23.5 Å². The van der Waals surface area contributed by atoms with Gasteiger partial charge in [0.15, 0.2) is 0 Å². The highest BCUT2D eigenvalue weighted by Gasteiger charge is 2.28. The number of hydrogen-bond acceptors (Lipinski definition) is 2. The van der Waals surface area contributed by atoms with Gasteiger partial charge in [-0.15, -0.1) is 0 Å². The summed E-state index contributed by atoms with van der Waals surface area (Å²) in [5.74, 6) is 1.37. The average molecular weight is 240 g/mol. The summed E-state index contributed by atoms with van der Waals surface area (Å²) in [4.78, 5) is 2.29. The largest absolute Gasteiger partial charge is 0.392 e. The molecule has 3 heteroatoms. The van der Waals surface area contributed by atoms with Gasteiger partial charge in [-0.3, -0.25) is 0 Å². The van der Waals surface area contributed by atoms with Gasteiger partial charge in [0, 0.05) is 18.7 Å². The normalized spacial score (nSPS) is 25.1. The van der Waals surface area contributed by atoms with Gasteiger partial charge in [0.1, 0.15) is 0 Å². The molecule has 1 aliphatic rings. The fraction of sp³-hybridized carbons (Fsp3) is 0.538. The van der Waals surface area contributed by atoms with Crippen molar-refractivity contribution >= 4 is 17.3 Å². The van der Waals surface area contributed by atoms with E-state index < -0.39 is 0 Å². The molecule has 0 aromatic heterocycles. The van der Waals surface area contributed by atoms with E-state index in [0.29, 0.717) is 11.8 Å². The van der Waals surface area contributed by atoms with E-state index in [-0.39, 0.29) is 6.61 Å². The highest BCUT2D eigenvalue weighted by Crippen LogP contribution is 2.35. The molecule has 1 saturated heterocycles. The summed E-state index contributed by atoms with van der Waals surface area (Å²) in [5.41, 5.74) is 1.94. The van der Waals surface area contributed by atoms with Gasteiger partial charge in [-0.05, 0) is 17.9 Å². The van der Waals surface area contributed by atoms with E-state index in [0.717, 1.165) is 29.4 Å². The zero-order chi connectivity index (χ0) is 11.7. The molecular formula is C13H18ClNO. The van der Waals surface area contributed by atoms with Gasteiger partial charge in [0.25, 0.3) is 0 Å². The second kappa shape index (κ2) is 4.64. The molecule has 1 N–H and O–H groups in total. The van der Waals surface area contributed by atoms with Crippen LogP contribution < -0.4 is 4.90 Å². The van der Waals surface area contributed by atoms with Crippen LogP contribution in [0.25, 0.3) is 0 Å². The van der Waals surface area contributed by atoms with Crippen molar-refractivity contribution in [3.8, 4) is 0 Å². The lowest BCUT2D eigenvalue weighted by molar-refractivity contribution is 0.282. The van der Waals surface area contributed by atoms with E-state index in [1.807, 2.05) is 18.2 Å². The minimum absolute atomic E-state index is 0.0507. The monoisotopic (exact) mass is 239 g/mol. The highest BCUT2D eigenvalue weighted by molar-refractivity contribution is 6.33. The predicted octanol–water partition coefficient (Wildman–Crippen LogP) is 2.92. The molecule has 0 saturated carbocycles. The Morgan fingerprint density at radius 2 is 1.94 bits per heavy atom. The van der Waals surface area contributed by atoms with Crippen LogP contribution in [0.15, 0.2) is 18.2 Å². The van der Waals surface area contributed by atoms with Gasteiger partial charge in [0.2, 0.25) is 0 Å². The molecule has 1 fully saturated rings. The molecule has 1 aromatic carbocycles. The smallest absolute Gasteiger partial charge is 0.0702 e. The van der Waals surface area contributed by atoms with Crippen LogP contribution in [-0.2, 0) is 6.61 Å². The minimum atomic E-state index is 0.0507. The first kappa shape index (κ1) is 11.7. The Bertz CT molecular complexity index is 370. The van der Waals surface area contributed by atoms with Gasteiger partial charge in [-0.1, -0.05) is 37.6 Å². The first-order chi connectivity index (χ1) is 7.63. The number of halogens is 1. The SMILES string of the molecule is CC1CN(c2c(Cl)cccc2CO)CC1C. The summed E-state index contributed by atoms with van der Waals surface area (Å²) < 4.78 is 0. The number of para-hydroxylation sites is 1. The lowest BCUT2D eigenvalue weighted by Gasteiger charge is -2.22. The van der Waals surface area contributed by atoms with E-state index >= 15 is 0 Å². The molecule has 88 valence electrons. The number of hydrogen-bond donors (Lipinski definition) is 1. The third-order valence-electron chi connectivity index (χ3n) is 3.55. The maximum absolute atomic E-state index is 9.35. The summed E-state index contributed by atoms with van der Waals surface area (Å²) in [6.07, 6.45) is 0. The first-order valence-corrected chi connectivity index (χ1v) is 6.14. The summed E-state index contributed by atoms with van der Waals surface area (Å²) >= 11 is 6.23. The molecule has 0 amide bonds. The second-order valence-electron chi connectivity index (χ2n) is 4.77. The van der Waals surface area contributed by atoms with Gasteiger partial charge in [0.05, 0.1) is 17.3 Å². The van der Waals surface area contributed by atoms with Crippen LogP contribution in [0, 0.1) is 11.8 Å².